The second-order valence-corrected chi connectivity index (χ2v) is 6.09. The predicted octanol–water partition coefficient (Wildman–Crippen LogP) is 1.32. The van der Waals surface area contributed by atoms with E-state index in [-0.39, 0.29) is 12.7 Å². The molecule has 0 unspecified atom stereocenters. The van der Waals surface area contributed by atoms with Crippen molar-refractivity contribution in [2.24, 2.45) is 0 Å². The van der Waals surface area contributed by atoms with E-state index in [0.29, 0.717) is 42.6 Å². The highest BCUT2D eigenvalue weighted by Gasteiger charge is 2.25. The number of amides is 1. The molecule has 1 amide bonds. The van der Waals surface area contributed by atoms with Crippen LogP contribution in [0.5, 0.6) is 11.5 Å². The normalized spacial score (nSPS) is 17.1. The lowest BCUT2D eigenvalue weighted by Gasteiger charge is -2.34. The quantitative estimate of drug-likeness (QED) is 0.827. The zero-order valence-electron chi connectivity index (χ0n) is 14.1. The molecule has 132 valence electrons. The Hall–Kier alpha value is -2.61. The van der Waals surface area contributed by atoms with E-state index in [1.807, 2.05) is 11.8 Å². The Kier molecular flexibility index (Phi) is 4.27. The van der Waals surface area contributed by atoms with Crippen LogP contribution >= 0.6 is 0 Å². The van der Waals surface area contributed by atoms with Gasteiger partial charge in [0.2, 0.25) is 12.7 Å². The molecule has 8 heteroatoms. The summed E-state index contributed by atoms with van der Waals surface area (Å²) in [7, 11) is 0. The number of rotatable bonds is 4. The third-order valence-corrected chi connectivity index (χ3v) is 4.46. The monoisotopic (exact) mass is 344 g/mol. The number of hydrogen-bond acceptors (Lipinski definition) is 7. The highest BCUT2D eigenvalue weighted by Crippen LogP contribution is 2.32. The van der Waals surface area contributed by atoms with Gasteiger partial charge in [0.15, 0.2) is 17.3 Å². The number of benzene rings is 1. The molecule has 0 atom stereocenters. The van der Waals surface area contributed by atoms with Crippen LogP contribution in [0.1, 0.15) is 29.0 Å². The lowest BCUT2D eigenvalue weighted by Crippen LogP contribution is -2.48. The number of aryl methyl sites for hydroxylation is 1. The number of ether oxygens (including phenoxy) is 2. The van der Waals surface area contributed by atoms with Crippen LogP contribution in [0.4, 0.5) is 0 Å². The van der Waals surface area contributed by atoms with E-state index in [4.69, 9.17) is 14.0 Å². The molecule has 25 heavy (non-hydrogen) atoms. The van der Waals surface area contributed by atoms with Crippen molar-refractivity contribution < 1.29 is 18.8 Å². The summed E-state index contributed by atoms with van der Waals surface area (Å²) in [6.45, 7) is 5.72. The van der Waals surface area contributed by atoms with Gasteiger partial charge in [-0.15, -0.1) is 0 Å². The number of fused-ring (bicyclic) bond motifs is 1. The van der Waals surface area contributed by atoms with Crippen LogP contribution < -0.4 is 9.47 Å². The molecule has 0 spiro atoms. The van der Waals surface area contributed by atoms with Crippen molar-refractivity contribution in [1.82, 2.24) is 19.9 Å². The van der Waals surface area contributed by atoms with E-state index in [0.717, 1.165) is 25.3 Å². The molecule has 0 N–H and O–H groups in total. The molecule has 1 saturated heterocycles. The molecule has 0 saturated carbocycles. The Labute approximate surface area is 145 Å². The Morgan fingerprint density at radius 1 is 1.16 bits per heavy atom. The first-order valence-corrected chi connectivity index (χ1v) is 8.45. The fourth-order valence-electron chi connectivity index (χ4n) is 3.01. The topological polar surface area (TPSA) is 80.9 Å². The van der Waals surface area contributed by atoms with Crippen LogP contribution in [-0.2, 0) is 13.0 Å². The van der Waals surface area contributed by atoms with Gasteiger partial charge in [0, 0.05) is 38.2 Å². The van der Waals surface area contributed by atoms with Crippen molar-refractivity contribution in [3.05, 3.63) is 35.5 Å². The van der Waals surface area contributed by atoms with Gasteiger partial charge in [-0.1, -0.05) is 12.1 Å². The van der Waals surface area contributed by atoms with Crippen LogP contribution in [0, 0.1) is 0 Å². The summed E-state index contributed by atoms with van der Waals surface area (Å²) in [4.78, 5) is 21.1. The van der Waals surface area contributed by atoms with E-state index < -0.39 is 0 Å². The summed E-state index contributed by atoms with van der Waals surface area (Å²) in [5.41, 5.74) is 0.627. The van der Waals surface area contributed by atoms with Crippen molar-refractivity contribution in [3.63, 3.8) is 0 Å². The van der Waals surface area contributed by atoms with Gasteiger partial charge in [-0.3, -0.25) is 9.69 Å². The summed E-state index contributed by atoms with van der Waals surface area (Å²) >= 11 is 0. The number of piperazine rings is 1. The standard InChI is InChI=1S/C17H20N4O4/c1-2-15-18-16(25-19-15)10-20-5-7-21(8-6-20)17(22)12-3-4-13-14(9-12)24-11-23-13/h3-4,9H,2,5-8,10-11H2,1H3. The summed E-state index contributed by atoms with van der Waals surface area (Å²) in [6.07, 6.45) is 0.765. The summed E-state index contributed by atoms with van der Waals surface area (Å²) in [5.74, 6) is 2.70. The molecule has 4 rings (SSSR count). The third kappa shape index (κ3) is 3.30. The van der Waals surface area contributed by atoms with E-state index in [2.05, 4.69) is 15.0 Å². The number of carbonyl (C=O) groups is 1. The second kappa shape index (κ2) is 6.72. The molecule has 2 aliphatic heterocycles. The zero-order chi connectivity index (χ0) is 17.2. The van der Waals surface area contributed by atoms with Gasteiger partial charge in [-0.05, 0) is 18.2 Å². The second-order valence-electron chi connectivity index (χ2n) is 6.09. The number of aromatic nitrogens is 2. The maximum atomic E-state index is 12.7. The molecule has 0 bridgehead atoms. The Balaban J connectivity index is 1.34. The van der Waals surface area contributed by atoms with Gasteiger partial charge >= 0.3 is 0 Å². The SMILES string of the molecule is CCc1noc(CN2CCN(C(=O)c3ccc4c(c3)OCO4)CC2)n1. The summed E-state index contributed by atoms with van der Waals surface area (Å²) in [5, 5.41) is 3.91. The van der Waals surface area contributed by atoms with Crippen molar-refractivity contribution in [1.29, 1.82) is 0 Å². The molecule has 2 aromatic rings. The molecule has 2 aliphatic rings. The maximum Gasteiger partial charge on any atom is 0.254 e. The van der Waals surface area contributed by atoms with E-state index >= 15 is 0 Å². The predicted molar refractivity (Wildman–Crippen MR) is 87.4 cm³/mol. The Morgan fingerprint density at radius 2 is 1.96 bits per heavy atom. The average molecular weight is 344 g/mol. The van der Waals surface area contributed by atoms with Crippen molar-refractivity contribution >= 4 is 5.91 Å². The number of nitrogens with zero attached hydrogens (tertiary/aromatic N) is 4. The molecule has 0 radical (unpaired) electrons. The minimum Gasteiger partial charge on any atom is -0.454 e. The Bertz CT molecular complexity index is 768. The lowest BCUT2D eigenvalue weighted by molar-refractivity contribution is 0.0614. The molecule has 1 fully saturated rings. The molecule has 8 nitrogen and oxygen atoms in total. The van der Waals surface area contributed by atoms with Crippen LogP contribution in [-0.4, -0.2) is 58.8 Å². The molecule has 1 aromatic carbocycles. The molecular formula is C17H20N4O4. The first-order valence-electron chi connectivity index (χ1n) is 8.45. The molecule has 0 aliphatic carbocycles. The van der Waals surface area contributed by atoms with Gasteiger partial charge in [0.25, 0.3) is 5.91 Å². The third-order valence-electron chi connectivity index (χ3n) is 4.46. The van der Waals surface area contributed by atoms with Crippen molar-refractivity contribution in [2.45, 2.75) is 19.9 Å². The smallest absolute Gasteiger partial charge is 0.254 e. The number of hydrogen-bond donors (Lipinski definition) is 0. The first-order chi connectivity index (χ1) is 12.2. The lowest BCUT2D eigenvalue weighted by atomic mass is 10.1. The summed E-state index contributed by atoms with van der Waals surface area (Å²) < 4.78 is 15.9. The number of carbonyl (C=O) groups excluding carboxylic acids is 1. The van der Waals surface area contributed by atoms with Gasteiger partial charge in [-0.25, -0.2) is 0 Å². The summed E-state index contributed by atoms with van der Waals surface area (Å²) in [6, 6.07) is 5.32. The Morgan fingerprint density at radius 3 is 2.72 bits per heavy atom. The minimum absolute atomic E-state index is 0.0176. The van der Waals surface area contributed by atoms with E-state index in [1.165, 1.54) is 0 Å². The highest BCUT2D eigenvalue weighted by molar-refractivity contribution is 5.95. The molecule has 1 aromatic heterocycles. The van der Waals surface area contributed by atoms with Crippen molar-refractivity contribution in [3.8, 4) is 11.5 Å². The largest absolute Gasteiger partial charge is 0.454 e. The van der Waals surface area contributed by atoms with Gasteiger partial charge in [0.05, 0.1) is 6.54 Å². The highest BCUT2D eigenvalue weighted by atomic mass is 16.7. The first kappa shape index (κ1) is 15.9. The van der Waals surface area contributed by atoms with E-state index in [1.54, 1.807) is 18.2 Å². The van der Waals surface area contributed by atoms with Gasteiger partial charge in [0.1, 0.15) is 0 Å². The maximum absolute atomic E-state index is 12.7. The van der Waals surface area contributed by atoms with Crippen LogP contribution in [0.3, 0.4) is 0 Å². The average Bonchev–Trinajstić information content (AvgIpc) is 3.30. The molecule has 3 heterocycles. The van der Waals surface area contributed by atoms with Gasteiger partial charge < -0.3 is 18.9 Å². The van der Waals surface area contributed by atoms with E-state index in [9.17, 15) is 4.79 Å². The zero-order valence-corrected chi connectivity index (χ0v) is 14.1. The fourth-order valence-corrected chi connectivity index (χ4v) is 3.01. The fraction of sp³-hybridized carbons (Fsp3) is 0.471. The van der Waals surface area contributed by atoms with Crippen molar-refractivity contribution in [2.75, 3.05) is 33.0 Å². The van der Waals surface area contributed by atoms with Crippen LogP contribution in [0.2, 0.25) is 0 Å². The van der Waals surface area contributed by atoms with Gasteiger partial charge in [-0.2, -0.15) is 4.98 Å². The molecular weight excluding hydrogens is 324 g/mol. The minimum atomic E-state index is 0.0176. The van der Waals surface area contributed by atoms with Crippen LogP contribution in [0.25, 0.3) is 0 Å². The van der Waals surface area contributed by atoms with Crippen LogP contribution in [0.15, 0.2) is 22.7 Å².